The van der Waals surface area contributed by atoms with Crippen LogP contribution in [0, 0.1) is 11.6 Å². The van der Waals surface area contributed by atoms with Crippen LogP contribution in [0.4, 0.5) is 8.78 Å². The fourth-order valence-electron chi connectivity index (χ4n) is 1.61. The van der Waals surface area contributed by atoms with E-state index in [1.54, 1.807) is 31.4 Å². The molecule has 100 valence electrons. The fraction of sp³-hybridized carbons (Fsp3) is 0.143. The van der Waals surface area contributed by atoms with Crippen LogP contribution < -0.4 is 10.5 Å². The molecule has 0 aliphatic carbocycles. The number of hydrogen-bond acceptors (Lipinski definition) is 3. The molecule has 0 aromatic heterocycles. The molecule has 0 atom stereocenters. The van der Waals surface area contributed by atoms with Gasteiger partial charge in [-0.05, 0) is 35.9 Å². The molecule has 0 unspecified atom stereocenters. The lowest BCUT2D eigenvalue weighted by molar-refractivity contribution is 0.413. The summed E-state index contributed by atoms with van der Waals surface area (Å²) in [6.07, 6.45) is 0. The molecule has 2 N–H and O–H groups in total. The Kier molecular flexibility index (Phi) is 4.39. The van der Waals surface area contributed by atoms with E-state index in [2.05, 4.69) is 0 Å². The van der Waals surface area contributed by atoms with Gasteiger partial charge in [0.25, 0.3) is 0 Å². The molecule has 0 spiro atoms. The van der Waals surface area contributed by atoms with Gasteiger partial charge in [-0.25, -0.2) is 8.78 Å². The second-order valence-corrected chi connectivity index (χ2v) is 4.96. The predicted octanol–water partition coefficient (Wildman–Crippen LogP) is 3.58. The van der Waals surface area contributed by atoms with E-state index in [0.29, 0.717) is 16.2 Å². The molecule has 0 saturated carbocycles. The minimum Gasteiger partial charge on any atom is -0.497 e. The van der Waals surface area contributed by atoms with Crippen LogP contribution in [0.5, 0.6) is 5.75 Å². The van der Waals surface area contributed by atoms with Crippen LogP contribution in [-0.4, -0.2) is 7.11 Å². The van der Waals surface area contributed by atoms with E-state index >= 15 is 0 Å². The number of nitrogens with two attached hydrogens (primary N) is 1. The van der Waals surface area contributed by atoms with Crippen molar-refractivity contribution < 1.29 is 13.5 Å². The summed E-state index contributed by atoms with van der Waals surface area (Å²) in [5, 5.41) is 0. The van der Waals surface area contributed by atoms with E-state index in [0.717, 1.165) is 11.8 Å². The number of ether oxygens (including phenoxy) is 1. The lowest BCUT2D eigenvalue weighted by atomic mass is 10.2. The van der Waals surface area contributed by atoms with Gasteiger partial charge in [-0.3, -0.25) is 0 Å². The lowest BCUT2D eigenvalue weighted by Crippen LogP contribution is -1.99. The van der Waals surface area contributed by atoms with Crippen LogP contribution >= 0.6 is 11.8 Å². The third-order valence-corrected chi connectivity index (χ3v) is 3.64. The monoisotopic (exact) mass is 281 g/mol. The summed E-state index contributed by atoms with van der Waals surface area (Å²) < 4.78 is 32.7. The topological polar surface area (TPSA) is 35.2 Å². The zero-order chi connectivity index (χ0) is 13.8. The summed E-state index contributed by atoms with van der Waals surface area (Å²) in [4.78, 5) is 0.670. The average Bonchev–Trinajstić information content (AvgIpc) is 2.42. The number of benzene rings is 2. The molecule has 2 aromatic carbocycles. The Balaban J connectivity index is 2.32. The number of methoxy groups -OCH3 is 1. The molecular weight excluding hydrogens is 268 g/mol. The number of hydrogen-bond donors (Lipinski definition) is 1. The maximum atomic E-state index is 13.8. The first kappa shape index (κ1) is 13.8. The van der Waals surface area contributed by atoms with Crippen LogP contribution in [0.25, 0.3) is 0 Å². The van der Waals surface area contributed by atoms with Gasteiger partial charge in [0.2, 0.25) is 0 Å². The summed E-state index contributed by atoms with van der Waals surface area (Å²) in [5.41, 5.74) is 5.81. The summed E-state index contributed by atoms with van der Waals surface area (Å²) in [5.74, 6) is -0.564. The molecule has 0 aliphatic heterocycles. The van der Waals surface area contributed by atoms with Crippen molar-refractivity contribution in [3.05, 3.63) is 53.6 Å². The van der Waals surface area contributed by atoms with Crippen molar-refractivity contribution in [1.82, 2.24) is 0 Å². The molecule has 0 amide bonds. The van der Waals surface area contributed by atoms with Crippen LogP contribution in [0.2, 0.25) is 0 Å². The highest BCUT2D eigenvalue weighted by molar-refractivity contribution is 7.99. The van der Waals surface area contributed by atoms with Gasteiger partial charge in [0.05, 0.1) is 12.0 Å². The smallest absolute Gasteiger partial charge is 0.140 e. The first-order chi connectivity index (χ1) is 9.13. The molecule has 5 heteroatoms. The average molecular weight is 281 g/mol. The Morgan fingerprint density at radius 3 is 2.42 bits per heavy atom. The van der Waals surface area contributed by atoms with Gasteiger partial charge in [-0.2, -0.15) is 0 Å². The van der Waals surface area contributed by atoms with Crippen molar-refractivity contribution in [3.63, 3.8) is 0 Å². The van der Waals surface area contributed by atoms with Gasteiger partial charge in [-0.1, -0.05) is 17.8 Å². The standard InChI is InChI=1S/C14H13F2NOS/c1-18-10-3-2-4-11(7-10)19-14-12(15)5-9(8-17)6-13(14)16/h2-7H,8,17H2,1H3. The Hall–Kier alpha value is -1.59. The first-order valence-electron chi connectivity index (χ1n) is 5.64. The molecule has 2 aromatic rings. The van der Waals surface area contributed by atoms with E-state index in [4.69, 9.17) is 10.5 Å². The van der Waals surface area contributed by atoms with Crippen LogP contribution in [-0.2, 0) is 6.54 Å². The first-order valence-corrected chi connectivity index (χ1v) is 6.45. The second kappa shape index (κ2) is 6.04. The highest BCUT2D eigenvalue weighted by Gasteiger charge is 2.12. The molecule has 0 saturated heterocycles. The molecule has 2 nitrogen and oxygen atoms in total. The van der Waals surface area contributed by atoms with Crippen molar-refractivity contribution >= 4 is 11.8 Å². The fourth-order valence-corrected chi connectivity index (χ4v) is 2.48. The lowest BCUT2D eigenvalue weighted by Gasteiger charge is -2.08. The van der Waals surface area contributed by atoms with E-state index in [-0.39, 0.29) is 11.4 Å². The molecule has 2 rings (SSSR count). The van der Waals surface area contributed by atoms with Gasteiger partial charge in [0, 0.05) is 11.4 Å². The van der Waals surface area contributed by atoms with Gasteiger partial charge < -0.3 is 10.5 Å². The van der Waals surface area contributed by atoms with Crippen LogP contribution in [0.3, 0.4) is 0 Å². The van der Waals surface area contributed by atoms with Crippen molar-refractivity contribution in [3.8, 4) is 5.75 Å². The summed E-state index contributed by atoms with van der Waals surface area (Å²) in [6.45, 7) is 0.109. The molecule has 0 fully saturated rings. The molecule has 0 aliphatic rings. The van der Waals surface area contributed by atoms with Crippen LogP contribution in [0.1, 0.15) is 5.56 Å². The van der Waals surface area contributed by atoms with Crippen molar-refractivity contribution in [2.24, 2.45) is 5.73 Å². The minimum atomic E-state index is -0.603. The molecular formula is C14H13F2NOS. The normalized spacial score (nSPS) is 10.5. The van der Waals surface area contributed by atoms with E-state index in [9.17, 15) is 8.78 Å². The minimum absolute atomic E-state index is 0.0366. The van der Waals surface area contributed by atoms with Gasteiger partial charge in [0.1, 0.15) is 17.4 Å². The molecule has 19 heavy (non-hydrogen) atoms. The van der Waals surface area contributed by atoms with E-state index < -0.39 is 11.6 Å². The van der Waals surface area contributed by atoms with E-state index in [1.807, 2.05) is 0 Å². The highest BCUT2D eigenvalue weighted by atomic mass is 32.2. The Labute approximate surface area is 114 Å². The summed E-state index contributed by atoms with van der Waals surface area (Å²) in [6, 6.07) is 9.54. The SMILES string of the molecule is COc1cccc(Sc2c(F)cc(CN)cc2F)c1. The Morgan fingerprint density at radius 1 is 1.16 bits per heavy atom. The zero-order valence-corrected chi connectivity index (χ0v) is 11.1. The highest BCUT2D eigenvalue weighted by Crippen LogP contribution is 2.34. The zero-order valence-electron chi connectivity index (χ0n) is 10.3. The van der Waals surface area contributed by atoms with Crippen molar-refractivity contribution in [2.45, 2.75) is 16.3 Å². The Bertz CT molecular complexity index is 566. The maximum absolute atomic E-state index is 13.8. The Morgan fingerprint density at radius 2 is 1.84 bits per heavy atom. The van der Waals surface area contributed by atoms with Crippen molar-refractivity contribution in [1.29, 1.82) is 0 Å². The third-order valence-electron chi connectivity index (χ3n) is 2.55. The maximum Gasteiger partial charge on any atom is 0.140 e. The molecule has 0 radical (unpaired) electrons. The second-order valence-electron chi connectivity index (χ2n) is 3.87. The summed E-state index contributed by atoms with van der Waals surface area (Å²) >= 11 is 1.02. The number of halogens is 2. The van der Waals surface area contributed by atoms with Crippen molar-refractivity contribution in [2.75, 3.05) is 7.11 Å². The molecule has 0 heterocycles. The van der Waals surface area contributed by atoms with E-state index in [1.165, 1.54) is 12.1 Å². The van der Waals surface area contributed by atoms with Gasteiger partial charge >= 0.3 is 0 Å². The van der Waals surface area contributed by atoms with Crippen LogP contribution in [0.15, 0.2) is 46.2 Å². The number of rotatable bonds is 4. The summed E-state index contributed by atoms with van der Waals surface area (Å²) in [7, 11) is 1.54. The predicted molar refractivity (Wildman–Crippen MR) is 71.4 cm³/mol. The molecule has 0 bridgehead atoms. The largest absolute Gasteiger partial charge is 0.497 e. The van der Waals surface area contributed by atoms with Gasteiger partial charge in [0.15, 0.2) is 0 Å². The quantitative estimate of drug-likeness (QED) is 0.930. The third kappa shape index (κ3) is 3.24. The van der Waals surface area contributed by atoms with Gasteiger partial charge in [-0.15, -0.1) is 0 Å².